The van der Waals surface area contributed by atoms with Gasteiger partial charge in [0.1, 0.15) is 22.7 Å². The Kier molecular flexibility index (Phi) is 4.36. The van der Waals surface area contributed by atoms with Crippen LogP contribution in [0.15, 0.2) is 85.5 Å². The van der Waals surface area contributed by atoms with Crippen LogP contribution in [-0.2, 0) is 6.42 Å². The van der Waals surface area contributed by atoms with E-state index in [1.165, 1.54) is 24.5 Å². The number of hydrogen-bond donors (Lipinski definition) is 1. The van der Waals surface area contributed by atoms with E-state index in [1.807, 2.05) is 0 Å². The van der Waals surface area contributed by atoms with E-state index in [-0.39, 0.29) is 45.4 Å². The van der Waals surface area contributed by atoms with Crippen molar-refractivity contribution in [2.45, 2.75) is 6.42 Å². The minimum atomic E-state index is -0.620. The molecule has 2 aromatic carbocycles. The van der Waals surface area contributed by atoms with Crippen LogP contribution in [-0.4, -0.2) is 10.1 Å². The van der Waals surface area contributed by atoms with Gasteiger partial charge in [0, 0.05) is 29.1 Å². The lowest BCUT2D eigenvalue weighted by atomic mass is 10.0. The van der Waals surface area contributed by atoms with Gasteiger partial charge in [0.25, 0.3) is 0 Å². The third kappa shape index (κ3) is 3.26. The summed E-state index contributed by atoms with van der Waals surface area (Å²) in [7, 11) is 0. The second kappa shape index (κ2) is 7.21. The van der Waals surface area contributed by atoms with E-state index in [1.54, 1.807) is 36.5 Å². The normalized spacial score (nSPS) is 11.3. The van der Waals surface area contributed by atoms with Gasteiger partial charge in [-0.3, -0.25) is 9.78 Å². The third-order valence-electron chi connectivity index (χ3n) is 5.09. The van der Waals surface area contributed by atoms with Gasteiger partial charge in [-0.2, -0.15) is 0 Å². The molecule has 0 fully saturated rings. The van der Waals surface area contributed by atoms with Gasteiger partial charge in [0.2, 0.25) is 0 Å². The molecule has 7 heteroatoms. The molecule has 3 aromatic heterocycles. The maximum atomic E-state index is 13.6. The molecular formula is C24H14FNO5. The summed E-state index contributed by atoms with van der Waals surface area (Å²) in [4.78, 5) is 29.6. The number of benzene rings is 2. The zero-order valence-corrected chi connectivity index (χ0v) is 16.0. The Bertz CT molecular complexity index is 1570. The van der Waals surface area contributed by atoms with Crippen molar-refractivity contribution in [2.24, 2.45) is 0 Å². The molecule has 0 saturated carbocycles. The minimum Gasteiger partial charge on any atom is -0.508 e. The van der Waals surface area contributed by atoms with Gasteiger partial charge in [-0.05, 0) is 48.5 Å². The highest BCUT2D eigenvalue weighted by Gasteiger charge is 2.17. The first-order valence-electron chi connectivity index (χ1n) is 9.41. The molecule has 0 bridgehead atoms. The number of phenolic OH excluding ortho intramolecular Hbond substituents is 1. The van der Waals surface area contributed by atoms with Gasteiger partial charge >= 0.3 is 5.63 Å². The maximum Gasteiger partial charge on any atom is 0.345 e. The Labute approximate surface area is 173 Å². The molecule has 0 unspecified atom stereocenters. The van der Waals surface area contributed by atoms with Crippen LogP contribution in [0, 0.1) is 5.82 Å². The van der Waals surface area contributed by atoms with Crippen LogP contribution in [0.2, 0.25) is 0 Å². The fourth-order valence-electron chi connectivity index (χ4n) is 3.56. The van der Waals surface area contributed by atoms with Crippen molar-refractivity contribution in [3.05, 3.63) is 105 Å². The highest BCUT2D eigenvalue weighted by atomic mass is 19.1. The lowest BCUT2D eigenvalue weighted by Crippen LogP contribution is -2.10. The first-order chi connectivity index (χ1) is 15.0. The number of aromatic nitrogens is 1. The van der Waals surface area contributed by atoms with Crippen molar-refractivity contribution in [1.29, 1.82) is 0 Å². The Hall–Kier alpha value is -4.26. The van der Waals surface area contributed by atoms with Crippen LogP contribution < -0.4 is 11.1 Å². The molecule has 0 aliphatic carbocycles. The van der Waals surface area contributed by atoms with E-state index in [9.17, 15) is 19.1 Å². The summed E-state index contributed by atoms with van der Waals surface area (Å²) < 4.78 is 24.6. The molecule has 3 heterocycles. The quantitative estimate of drug-likeness (QED) is 0.439. The predicted molar refractivity (Wildman–Crippen MR) is 113 cm³/mol. The molecule has 5 aromatic rings. The van der Waals surface area contributed by atoms with Crippen molar-refractivity contribution < 1.29 is 18.3 Å². The van der Waals surface area contributed by atoms with E-state index in [2.05, 4.69) is 4.98 Å². The summed E-state index contributed by atoms with van der Waals surface area (Å²) in [5.74, 6) is -0.696. The molecule has 0 spiro atoms. The Morgan fingerprint density at radius 1 is 1.03 bits per heavy atom. The topological polar surface area (TPSA) is 93.5 Å². The molecule has 1 N–H and O–H groups in total. The summed E-state index contributed by atoms with van der Waals surface area (Å²) in [5, 5.41) is 11.1. The average molecular weight is 415 g/mol. The molecule has 5 rings (SSSR count). The number of phenols is 1. The molecule has 152 valence electrons. The van der Waals surface area contributed by atoms with Gasteiger partial charge in [-0.1, -0.05) is 6.07 Å². The molecule has 31 heavy (non-hydrogen) atoms. The first kappa shape index (κ1) is 18.7. The van der Waals surface area contributed by atoms with Crippen molar-refractivity contribution in [3.8, 4) is 17.0 Å². The largest absolute Gasteiger partial charge is 0.508 e. The van der Waals surface area contributed by atoms with Crippen LogP contribution in [0.25, 0.3) is 33.2 Å². The van der Waals surface area contributed by atoms with E-state index in [0.29, 0.717) is 11.1 Å². The Morgan fingerprint density at radius 2 is 1.90 bits per heavy atom. The standard InChI is InChI=1S/C24H14FNO5/c25-15-5-7-21-18(11-15)22(28)14(12-30-21)10-17-20(27)6-4-13-9-16(24(29)31-23(13)17)19-3-1-2-8-26-19/h1-9,11-12,27H,10H2. The van der Waals surface area contributed by atoms with Crippen LogP contribution in [0.3, 0.4) is 0 Å². The lowest BCUT2D eigenvalue weighted by molar-refractivity contribution is 0.466. The second-order valence-corrected chi connectivity index (χ2v) is 7.05. The monoisotopic (exact) mass is 415 g/mol. The van der Waals surface area contributed by atoms with E-state index in [0.717, 1.165) is 6.07 Å². The second-order valence-electron chi connectivity index (χ2n) is 7.05. The molecule has 0 aliphatic heterocycles. The van der Waals surface area contributed by atoms with Crippen LogP contribution in [0.1, 0.15) is 11.1 Å². The fraction of sp³-hybridized carbons (Fsp3) is 0.0417. The number of rotatable bonds is 3. The van der Waals surface area contributed by atoms with Gasteiger partial charge in [0.05, 0.1) is 22.9 Å². The van der Waals surface area contributed by atoms with Gasteiger partial charge in [-0.15, -0.1) is 0 Å². The molecule has 0 amide bonds. The average Bonchev–Trinajstić information content (AvgIpc) is 2.78. The number of hydrogen-bond acceptors (Lipinski definition) is 6. The SMILES string of the molecule is O=c1oc2c(Cc3coc4ccc(F)cc4c3=O)c(O)ccc2cc1-c1ccccn1. The van der Waals surface area contributed by atoms with Gasteiger partial charge in [0.15, 0.2) is 5.43 Å². The van der Waals surface area contributed by atoms with Crippen molar-refractivity contribution in [1.82, 2.24) is 4.98 Å². The molecule has 0 aliphatic rings. The summed E-state index contributed by atoms with van der Waals surface area (Å²) in [6, 6.07) is 13.6. The number of aromatic hydroxyl groups is 1. The van der Waals surface area contributed by atoms with Gasteiger partial charge < -0.3 is 13.9 Å². The number of pyridine rings is 1. The van der Waals surface area contributed by atoms with E-state index < -0.39 is 16.9 Å². The summed E-state index contributed by atoms with van der Waals surface area (Å²) in [6.07, 6.45) is 2.77. The summed E-state index contributed by atoms with van der Waals surface area (Å²) in [6.45, 7) is 0. The van der Waals surface area contributed by atoms with Crippen LogP contribution in [0.5, 0.6) is 5.75 Å². The smallest absolute Gasteiger partial charge is 0.345 e. The molecule has 0 atom stereocenters. The number of halogens is 1. The minimum absolute atomic E-state index is 0.0656. The molecule has 0 radical (unpaired) electrons. The zero-order chi connectivity index (χ0) is 21.5. The Balaban J connectivity index is 1.67. The van der Waals surface area contributed by atoms with Crippen molar-refractivity contribution in [2.75, 3.05) is 0 Å². The molecule has 6 nitrogen and oxygen atoms in total. The van der Waals surface area contributed by atoms with Crippen molar-refractivity contribution >= 4 is 21.9 Å². The van der Waals surface area contributed by atoms with Crippen molar-refractivity contribution in [3.63, 3.8) is 0 Å². The van der Waals surface area contributed by atoms with E-state index >= 15 is 0 Å². The maximum absolute atomic E-state index is 13.6. The first-order valence-corrected chi connectivity index (χ1v) is 9.41. The fourth-order valence-corrected chi connectivity index (χ4v) is 3.56. The molecule has 0 saturated heterocycles. The van der Waals surface area contributed by atoms with Crippen LogP contribution >= 0.6 is 0 Å². The third-order valence-corrected chi connectivity index (χ3v) is 5.09. The number of nitrogens with zero attached hydrogens (tertiary/aromatic N) is 1. The van der Waals surface area contributed by atoms with Crippen LogP contribution in [0.4, 0.5) is 4.39 Å². The highest BCUT2D eigenvalue weighted by Crippen LogP contribution is 2.30. The predicted octanol–water partition coefficient (Wildman–Crippen LogP) is 4.40. The summed E-state index contributed by atoms with van der Waals surface area (Å²) >= 11 is 0. The Morgan fingerprint density at radius 3 is 2.71 bits per heavy atom. The lowest BCUT2D eigenvalue weighted by Gasteiger charge is -2.09. The highest BCUT2D eigenvalue weighted by molar-refractivity contribution is 5.86. The zero-order valence-electron chi connectivity index (χ0n) is 16.0. The molecular weight excluding hydrogens is 401 g/mol. The summed E-state index contributed by atoms with van der Waals surface area (Å²) in [5.41, 5.74) is 0.556. The van der Waals surface area contributed by atoms with Gasteiger partial charge in [-0.25, -0.2) is 9.18 Å². The number of fused-ring (bicyclic) bond motifs is 2. The van der Waals surface area contributed by atoms with E-state index in [4.69, 9.17) is 8.83 Å².